The van der Waals surface area contributed by atoms with E-state index in [1.165, 1.54) is 0 Å². The van der Waals surface area contributed by atoms with Crippen LogP contribution in [0, 0.1) is 5.41 Å². The van der Waals surface area contributed by atoms with Crippen LogP contribution >= 0.6 is 0 Å². The lowest BCUT2D eigenvalue weighted by Crippen LogP contribution is -2.52. The highest BCUT2D eigenvalue weighted by molar-refractivity contribution is 4.81. The number of nitrogens with zero attached hydrogens (tertiary/aromatic N) is 2. The van der Waals surface area contributed by atoms with Crippen LogP contribution in [0.25, 0.3) is 0 Å². The van der Waals surface area contributed by atoms with E-state index in [0.717, 1.165) is 39.3 Å². The summed E-state index contributed by atoms with van der Waals surface area (Å²) in [5.74, 6) is 0. The first kappa shape index (κ1) is 15.9. The first-order chi connectivity index (χ1) is 8.08. The van der Waals surface area contributed by atoms with Crippen molar-refractivity contribution in [3.05, 3.63) is 0 Å². The highest BCUT2D eigenvalue weighted by Crippen LogP contribution is 2.20. The molecule has 0 aliphatic carbocycles. The molecule has 0 aromatic heterocycles. The lowest BCUT2D eigenvalue weighted by molar-refractivity contribution is -0.00702. The minimum absolute atomic E-state index is 0.0514. The van der Waals surface area contributed by atoms with Crippen molar-refractivity contribution in [1.29, 1.82) is 0 Å². The molecule has 4 heteroatoms. The van der Waals surface area contributed by atoms with Gasteiger partial charge in [-0.2, -0.15) is 0 Å². The Labute approximate surface area is 112 Å². The minimum atomic E-state index is -0.618. The van der Waals surface area contributed by atoms with Gasteiger partial charge in [-0.15, -0.1) is 0 Å². The van der Waals surface area contributed by atoms with Crippen LogP contribution in [-0.2, 0) is 0 Å². The van der Waals surface area contributed by atoms with Crippen LogP contribution in [0.4, 0.5) is 0 Å². The number of aliphatic hydroxyl groups excluding tert-OH is 1. The molecule has 1 aliphatic heterocycles. The van der Waals surface area contributed by atoms with E-state index < -0.39 is 5.60 Å². The summed E-state index contributed by atoms with van der Waals surface area (Å²) in [6, 6.07) is 0. The van der Waals surface area contributed by atoms with E-state index in [0.29, 0.717) is 0 Å². The molecule has 0 spiro atoms. The molecule has 0 aromatic carbocycles. The van der Waals surface area contributed by atoms with E-state index >= 15 is 0 Å². The van der Waals surface area contributed by atoms with E-state index in [4.69, 9.17) is 0 Å². The summed E-state index contributed by atoms with van der Waals surface area (Å²) in [5.41, 5.74) is -0.669. The van der Waals surface area contributed by atoms with Crippen LogP contribution in [0.1, 0.15) is 34.6 Å². The van der Waals surface area contributed by atoms with E-state index in [9.17, 15) is 10.2 Å². The van der Waals surface area contributed by atoms with Gasteiger partial charge in [0.05, 0.1) is 11.7 Å². The summed E-state index contributed by atoms with van der Waals surface area (Å²) in [5, 5.41) is 19.9. The first-order valence-corrected chi connectivity index (χ1v) is 6.93. The van der Waals surface area contributed by atoms with E-state index in [-0.39, 0.29) is 11.5 Å². The predicted molar refractivity (Wildman–Crippen MR) is 74.6 cm³/mol. The average molecular weight is 258 g/mol. The number of hydrogen-bond acceptors (Lipinski definition) is 4. The van der Waals surface area contributed by atoms with Crippen molar-refractivity contribution in [1.82, 2.24) is 9.80 Å². The Bertz CT molecular complexity index is 248. The zero-order valence-corrected chi connectivity index (χ0v) is 12.6. The molecular weight excluding hydrogens is 228 g/mol. The number of piperazine rings is 1. The SMILES string of the molecule is CC(C)(O)CN1CCN(CC(O)C(C)(C)C)CC1. The smallest absolute Gasteiger partial charge is 0.0718 e. The van der Waals surface area contributed by atoms with Gasteiger partial charge in [0.1, 0.15) is 0 Å². The normalized spacial score (nSPS) is 22.2. The van der Waals surface area contributed by atoms with Crippen molar-refractivity contribution < 1.29 is 10.2 Å². The van der Waals surface area contributed by atoms with Crippen molar-refractivity contribution in [3.8, 4) is 0 Å². The largest absolute Gasteiger partial charge is 0.391 e. The van der Waals surface area contributed by atoms with Crippen LogP contribution in [-0.4, -0.2) is 71.0 Å². The second kappa shape index (κ2) is 5.87. The zero-order chi connectivity index (χ0) is 14.0. The summed E-state index contributed by atoms with van der Waals surface area (Å²) in [6.45, 7) is 15.3. The molecule has 1 rings (SSSR count). The van der Waals surface area contributed by atoms with Crippen LogP contribution in [0.15, 0.2) is 0 Å². The van der Waals surface area contributed by atoms with Gasteiger partial charge in [-0.25, -0.2) is 0 Å². The fraction of sp³-hybridized carbons (Fsp3) is 1.00. The van der Waals surface area contributed by atoms with Gasteiger partial charge < -0.3 is 10.2 Å². The van der Waals surface area contributed by atoms with Crippen molar-refractivity contribution in [3.63, 3.8) is 0 Å². The Kier molecular flexibility index (Phi) is 5.18. The van der Waals surface area contributed by atoms with Gasteiger partial charge in [-0.05, 0) is 19.3 Å². The molecule has 1 aliphatic rings. The minimum Gasteiger partial charge on any atom is -0.391 e. The molecule has 1 fully saturated rings. The fourth-order valence-electron chi connectivity index (χ4n) is 2.20. The van der Waals surface area contributed by atoms with Crippen LogP contribution in [0.2, 0.25) is 0 Å². The molecule has 0 aromatic rings. The van der Waals surface area contributed by atoms with Crippen molar-refractivity contribution in [2.45, 2.75) is 46.3 Å². The quantitative estimate of drug-likeness (QED) is 0.782. The van der Waals surface area contributed by atoms with Gasteiger partial charge in [0.15, 0.2) is 0 Å². The Morgan fingerprint density at radius 1 is 0.944 bits per heavy atom. The van der Waals surface area contributed by atoms with Crippen LogP contribution in [0.5, 0.6) is 0 Å². The summed E-state index contributed by atoms with van der Waals surface area (Å²) in [6.07, 6.45) is -0.279. The Morgan fingerprint density at radius 2 is 1.39 bits per heavy atom. The molecule has 1 saturated heterocycles. The van der Waals surface area contributed by atoms with Gasteiger partial charge in [-0.3, -0.25) is 9.80 Å². The number of rotatable bonds is 4. The van der Waals surface area contributed by atoms with Crippen molar-refractivity contribution in [2.75, 3.05) is 39.3 Å². The molecule has 4 nitrogen and oxygen atoms in total. The Morgan fingerprint density at radius 3 is 1.78 bits per heavy atom. The van der Waals surface area contributed by atoms with Crippen molar-refractivity contribution in [2.24, 2.45) is 5.41 Å². The maximum absolute atomic E-state index is 10.1. The van der Waals surface area contributed by atoms with Gasteiger partial charge in [0.25, 0.3) is 0 Å². The molecule has 1 unspecified atom stereocenters. The topological polar surface area (TPSA) is 46.9 Å². The fourth-order valence-corrected chi connectivity index (χ4v) is 2.20. The standard InChI is InChI=1S/C14H30N2O2/c1-13(2,3)12(17)10-15-6-8-16(9-7-15)11-14(4,5)18/h12,17-18H,6-11H2,1-5H3. The first-order valence-electron chi connectivity index (χ1n) is 6.93. The van der Waals surface area contributed by atoms with Gasteiger partial charge in [-0.1, -0.05) is 20.8 Å². The maximum atomic E-state index is 10.1. The number of β-amino-alcohol motifs (C(OH)–C–C–N with tert-alkyl or cyclic N) is 2. The number of hydrogen-bond donors (Lipinski definition) is 2. The van der Waals surface area contributed by atoms with Gasteiger partial charge in [0.2, 0.25) is 0 Å². The number of aliphatic hydroxyl groups is 2. The second-order valence-corrected chi connectivity index (χ2v) is 7.27. The van der Waals surface area contributed by atoms with E-state index in [1.807, 2.05) is 13.8 Å². The highest BCUT2D eigenvalue weighted by Gasteiger charge is 2.27. The Hall–Kier alpha value is -0.160. The molecule has 2 N–H and O–H groups in total. The van der Waals surface area contributed by atoms with Crippen molar-refractivity contribution >= 4 is 0 Å². The third kappa shape index (κ3) is 5.65. The zero-order valence-electron chi connectivity index (χ0n) is 12.6. The monoisotopic (exact) mass is 258 g/mol. The lowest BCUT2D eigenvalue weighted by Gasteiger charge is -2.39. The van der Waals surface area contributed by atoms with Gasteiger partial charge in [0, 0.05) is 39.3 Å². The maximum Gasteiger partial charge on any atom is 0.0718 e. The molecule has 1 heterocycles. The average Bonchev–Trinajstić information content (AvgIpc) is 2.17. The third-order valence-corrected chi connectivity index (χ3v) is 3.51. The van der Waals surface area contributed by atoms with E-state index in [1.54, 1.807) is 0 Å². The molecule has 0 saturated carbocycles. The molecule has 0 amide bonds. The molecule has 108 valence electrons. The highest BCUT2D eigenvalue weighted by atomic mass is 16.3. The summed E-state index contributed by atoms with van der Waals surface area (Å²) in [4.78, 5) is 4.61. The van der Waals surface area contributed by atoms with Gasteiger partial charge >= 0.3 is 0 Å². The van der Waals surface area contributed by atoms with E-state index in [2.05, 4.69) is 30.6 Å². The lowest BCUT2D eigenvalue weighted by atomic mass is 9.89. The summed E-state index contributed by atoms with van der Waals surface area (Å²) < 4.78 is 0. The molecule has 1 atom stereocenters. The molecule has 0 radical (unpaired) electrons. The predicted octanol–water partition coefficient (Wildman–Crippen LogP) is 0.782. The second-order valence-electron chi connectivity index (χ2n) is 7.27. The Balaban J connectivity index is 2.32. The van der Waals surface area contributed by atoms with Crippen LogP contribution in [0.3, 0.4) is 0 Å². The third-order valence-electron chi connectivity index (χ3n) is 3.51. The van der Waals surface area contributed by atoms with Crippen LogP contribution < -0.4 is 0 Å². The summed E-state index contributed by atoms with van der Waals surface area (Å²) >= 11 is 0. The molecule has 18 heavy (non-hydrogen) atoms. The summed E-state index contributed by atoms with van der Waals surface area (Å²) in [7, 11) is 0. The molecular formula is C14H30N2O2. The molecule has 0 bridgehead atoms.